The molecule has 0 aliphatic carbocycles. The molecule has 0 saturated carbocycles. The van der Waals surface area contributed by atoms with Gasteiger partial charge in [0.25, 0.3) is 5.91 Å². The summed E-state index contributed by atoms with van der Waals surface area (Å²) in [5.74, 6) is -2.91. The number of hydrogen-bond acceptors (Lipinski definition) is 4. The van der Waals surface area contributed by atoms with E-state index in [0.717, 1.165) is 12.1 Å². The highest BCUT2D eigenvalue weighted by molar-refractivity contribution is 5.99. The molecule has 0 heterocycles. The van der Waals surface area contributed by atoms with Crippen LogP contribution in [0, 0.1) is 11.6 Å². The maximum Gasteiger partial charge on any atom is 0.255 e. The summed E-state index contributed by atoms with van der Waals surface area (Å²) in [6.07, 6.45) is 0. The molecular weight excluding hydrogens is 368 g/mol. The second-order valence-corrected chi connectivity index (χ2v) is 6.34. The van der Waals surface area contributed by atoms with Crippen LogP contribution in [-0.4, -0.2) is 51.0 Å². The van der Waals surface area contributed by atoms with Crippen LogP contribution in [0.15, 0.2) is 42.5 Å². The van der Waals surface area contributed by atoms with Crippen LogP contribution in [0.3, 0.4) is 0 Å². The standard InChI is InChI=1S/C20H23F2N3O3/c1-23-20(27)18(13-8-9-15(21)16(22)12-13)24-19(26)14-6-4-5-7-17(14)28-11-10-25(2)3/h4-9,12,18H,10-11H2,1-3H3,(H,23,27)(H,24,26). The Hall–Kier alpha value is -3.00. The summed E-state index contributed by atoms with van der Waals surface area (Å²) in [5.41, 5.74) is 0.357. The Morgan fingerprint density at radius 1 is 1.11 bits per heavy atom. The molecule has 0 aliphatic rings. The van der Waals surface area contributed by atoms with Gasteiger partial charge in [-0.2, -0.15) is 0 Å². The minimum atomic E-state index is -1.19. The maximum atomic E-state index is 13.6. The summed E-state index contributed by atoms with van der Waals surface area (Å²) in [6, 6.07) is 8.46. The van der Waals surface area contributed by atoms with Crippen molar-refractivity contribution in [3.63, 3.8) is 0 Å². The lowest BCUT2D eigenvalue weighted by atomic mass is 10.0. The predicted molar refractivity (Wildman–Crippen MR) is 101 cm³/mol. The molecule has 0 aliphatic heterocycles. The van der Waals surface area contributed by atoms with Crippen molar-refractivity contribution in [2.75, 3.05) is 34.3 Å². The molecule has 0 aromatic heterocycles. The number of rotatable bonds is 8. The van der Waals surface area contributed by atoms with Crippen molar-refractivity contribution in [2.24, 2.45) is 0 Å². The molecule has 28 heavy (non-hydrogen) atoms. The summed E-state index contributed by atoms with van der Waals surface area (Å²) in [5, 5.41) is 4.97. The summed E-state index contributed by atoms with van der Waals surface area (Å²) in [6.45, 7) is 1.03. The van der Waals surface area contributed by atoms with Crippen molar-refractivity contribution in [3.8, 4) is 5.75 Å². The number of carbonyl (C=O) groups excluding carboxylic acids is 2. The molecule has 2 amide bonds. The lowest BCUT2D eigenvalue weighted by Gasteiger charge is -2.19. The first-order valence-corrected chi connectivity index (χ1v) is 8.67. The third-order valence-electron chi connectivity index (χ3n) is 3.99. The number of nitrogens with zero attached hydrogens (tertiary/aromatic N) is 1. The van der Waals surface area contributed by atoms with Crippen molar-refractivity contribution >= 4 is 11.8 Å². The topological polar surface area (TPSA) is 70.7 Å². The lowest BCUT2D eigenvalue weighted by molar-refractivity contribution is -0.122. The van der Waals surface area contributed by atoms with Gasteiger partial charge in [0, 0.05) is 13.6 Å². The lowest BCUT2D eigenvalue weighted by Crippen LogP contribution is -2.39. The summed E-state index contributed by atoms with van der Waals surface area (Å²) >= 11 is 0. The molecule has 1 unspecified atom stereocenters. The fraction of sp³-hybridized carbons (Fsp3) is 0.300. The Balaban J connectivity index is 2.24. The number of carbonyl (C=O) groups is 2. The Labute approximate surface area is 162 Å². The van der Waals surface area contributed by atoms with Gasteiger partial charge in [-0.1, -0.05) is 18.2 Å². The fourth-order valence-electron chi connectivity index (χ4n) is 2.46. The van der Waals surface area contributed by atoms with E-state index in [4.69, 9.17) is 4.74 Å². The first-order valence-electron chi connectivity index (χ1n) is 8.67. The molecule has 2 rings (SSSR count). The molecular formula is C20H23F2N3O3. The molecule has 0 fully saturated rings. The second-order valence-electron chi connectivity index (χ2n) is 6.34. The van der Waals surface area contributed by atoms with Gasteiger partial charge in [0.05, 0.1) is 5.56 Å². The van der Waals surface area contributed by atoms with E-state index in [1.165, 1.54) is 13.1 Å². The quantitative estimate of drug-likeness (QED) is 0.723. The Kier molecular flexibility index (Phi) is 7.45. The Morgan fingerprint density at radius 3 is 2.46 bits per heavy atom. The monoisotopic (exact) mass is 391 g/mol. The van der Waals surface area contributed by atoms with Gasteiger partial charge >= 0.3 is 0 Å². The number of nitrogens with one attached hydrogen (secondary N) is 2. The molecule has 8 heteroatoms. The summed E-state index contributed by atoms with van der Waals surface area (Å²) in [4.78, 5) is 26.9. The maximum absolute atomic E-state index is 13.6. The third-order valence-corrected chi connectivity index (χ3v) is 3.99. The molecule has 1 atom stereocenters. The molecule has 2 N–H and O–H groups in total. The molecule has 150 valence electrons. The van der Waals surface area contributed by atoms with E-state index in [1.807, 2.05) is 19.0 Å². The third kappa shape index (κ3) is 5.50. The number of para-hydroxylation sites is 1. The highest BCUT2D eigenvalue weighted by atomic mass is 19.2. The van der Waals surface area contributed by atoms with Crippen LogP contribution in [0.5, 0.6) is 5.75 Å². The number of halogens is 2. The van der Waals surface area contributed by atoms with Crippen LogP contribution < -0.4 is 15.4 Å². The Morgan fingerprint density at radius 2 is 1.82 bits per heavy atom. The van der Waals surface area contributed by atoms with Crippen molar-refractivity contribution in [3.05, 3.63) is 65.2 Å². The minimum absolute atomic E-state index is 0.123. The normalized spacial score (nSPS) is 11.8. The van der Waals surface area contributed by atoms with Gasteiger partial charge in [-0.25, -0.2) is 8.78 Å². The van der Waals surface area contributed by atoms with Crippen LogP contribution in [-0.2, 0) is 4.79 Å². The zero-order chi connectivity index (χ0) is 20.7. The zero-order valence-electron chi connectivity index (χ0n) is 16.0. The van der Waals surface area contributed by atoms with E-state index in [0.29, 0.717) is 18.9 Å². The van der Waals surface area contributed by atoms with Crippen molar-refractivity contribution < 1.29 is 23.1 Å². The van der Waals surface area contributed by atoms with Crippen LogP contribution in [0.25, 0.3) is 0 Å². The van der Waals surface area contributed by atoms with E-state index in [9.17, 15) is 18.4 Å². The van der Waals surface area contributed by atoms with Gasteiger partial charge in [-0.05, 0) is 43.9 Å². The van der Waals surface area contributed by atoms with E-state index in [-0.39, 0.29) is 11.1 Å². The first-order chi connectivity index (χ1) is 13.3. The van der Waals surface area contributed by atoms with Crippen LogP contribution in [0.2, 0.25) is 0 Å². The largest absolute Gasteiger partial charge is 0.491 e. The van der Waals surface area contributed by atoms with E-state index < -0.39 is 29.5 Å². The fourth-order valence-corrected chi connectivity index (χ4v) is 2.46. The number of amides is 2. The average Bonchev–Trinajstić information content (AvgIpc) is 2.67. The average molecular weight is 391 g/mol. The molecule has 2 aromatic rings. The summed E-state index contributed by atoms with van der Waals surface area (Å²) in [7, 11) is 5.19. The number of benzene rings is 2. The number of hydrogen-bond donors (Lipinski definition) is 2. The number of likely N-dealkylation sites (N-methyl/N-ethyl adjacent to an activating group) is 2. The minimum Gasteiger partial charge on any atom is -0.491 e. The molecule has 6 nitrogen and oxygen atoms in total. The first kappa shape index (κ1) is 21.3. The highest BCUT2D eigenvalue weighted by Crippen LogP contribution is 2.21. The van der Waals surface area contributed by atoms with Crippen LogP contribution in [0.4, 0.5) is 8.78 Å². The molecule has 0 bridgehead atoms. The van der Waals surface area contributed by atoms with Crippen molar-refractivity contribution in [1.29, 1.82) is 0 Å². The van der Waals surface area contributed by atoms with Crippen molar-refractivity contribution in [2.45, 2.75) is 6.04 Å². The van der Waals surface area contributed by atoms with E-state index in [1.54, 1.807) is 24.3 Å². The van der Waals surface area contributed by atoms with Crippen molar-refractivity contribution in [1.82, 2.24) is 15.5 Å². The van der Waals surface area contributed by atoms with Crippen LogP contribution >= 0.6 is 0 Å². The molecule has 2 aromatic carbocycles. The zero-order valence-corrected chi connectivity index (χ0v) is 16.0. The van der Waals surface area contributed by atoms with E-state index >= 15 is 0 Å². The van der Waals surface area contributed by atoms with Crippen LogP contribution in [0.1, 0.15) is 22.0 Å². The van der Waals surface area contributed by atoms with Gasteiger partial charge < -0.3 is 20.3 Å². The van der Waals surface area contributed by atoms with Gasteiger partial charge in [0.2, 0.25) is 5.91 Å². The SMILES string of the molecule is CNC(=O)C(NC(=O)c1ccccc1OCCN(C)C)c1ccc(F)c(F)c1. The Bertz CT molecular complexity index is 843. The van der Waals surface area contributed by atoms with Gasteiger partial charge in [0.1, 0.15) is 18.4 Å². The smallest absolute Gasteiger partial charge is 0.255 e. The summed E-state index contributed by atoms with van der Waals surface area (Å²) < 4.78 is 32.5. The van der Waals surface area contributed by atoms with Gasteiger partial charge in [-0.3, -0.25) is 9.59 Å². The van der Waals surface area contributed by atoms with Gasteiger partial charge in [-0.15, -0.1) is 0 Å². The highest BCUT2D eigenvalue weighted by Gasteiger charge is 2.25. The molecule has 0 spiro atoms. The van der Waals surface area contributed by atoms with E-state index in [2.05, 4.69) is 10.6 Å². The van der Waals surface area contributed by atoms with Gasteiger partial charge in [0.15, 0.2) is 11.6 Å². The second kappa shape index (κ2) is 9.80. The predicted octanol–water partition coefficient (Wildman–Crippen LogP) is 2.12. The number of ether oxygens (including phenoxy) is 1. The molecule has 0 saturated heterocycles. The molecule has 0 radical (unpaired) electrons.